The van der Waals surface area contributed by atoms with Crippen molar-refractivity contribution in [1.29, 1.82) is 0 Å². The van der Waals surface area contributed by atoms with Gasteiger partial charge < -0.3 is 15.4 Å². The molecule has 1 heterocycles. The molecule has 0 atom stereocenters. The van der Waals surface area contributed by atoms with Gasteiger partial charge in [0.05, 0.1) is 17.9 Å². The fraction of sp³-hybridized carbons (Fsp3) is 0.231. The lowest BCUT2D eigenvalue weighted by Crippen LogP contribution is -2.24. The number of carboxylic acids is 1. The number of ether oxygens (including phenoxy) is 1. The van der Waals surface area contributed by atoms with Gasteiger partial charge in [-0.1, -0.05) is 12.1 Å². The fourth-order valence-electron chi connectivity index (χ4n) is 1.52. The minimum atomic E-state index is -0.833. The molecular formula is C13H13N3O4. The maximum absolute atomic E-state index is 11.5. The summed E-state index contributed by atoms with van der Waals surface area (Å²) in [7, 11) is 0. The predicted molar refractivity (Wildman–Crippen MR) is 71.2 cm³/mol. The molecule has 0 saturated carbocycles. The molecular weight excluding hydrogens is 262 g/mol. The van der Waals surface area contributed by atoms with Crippen molar-refractivity contribution in [2.75, 3.05) is 6.61 Å². The molecule has 0 radical (unpaired) electrons. The van der Waals surface area contributed by atoms with Gasteiger partial charge in [-0.2, -0.15) is 4.79 Å². The quantitative estimate of drug-likeness (QED) is 0.500. The van der Waals surface area contributed by atoms with Crippen LogP contribution in [-0.4, -0.2) is 39.9 Å². The van der Waals surface area contributed by atoms with Crippen LogP contribution in [0.2, 0.25) is 0 Å². The van der Waals surface area contributed by atoms with Crippen molar-refractivity contribution in [3.63, 3.8) is 0 Å². The number of rotatable bonds is 2. The van der Waals surface area contributed by atoms with Gasteiger partial charge in [-0.05, 0) is 19.1 Å². The minimum absolute atomic E-state index is 0.0468. The summed E-state index contributed by atoms with van der Waals surface area (Å²) < 4.78 is 4.83. The van der Waals surface area contributed by atoms with E-state index in [2.05, 4.69) is 9.78 Å². The van der Waals surface area contributed by atoms with Crippen LogP contribution in [0.15, 0.2) is 29.3 Å². The van der Waals surface area contributed by atoms with Crippen LogP contribution in [0.25, 0.3) is 5.53 Å². The van der Waals surface area contributed by atoms with Gasteiger partial charge in [0, 0.05) is 6.92 Å². The Balaban J connectivity index is 0.000000444. The van der Waals surface area contributed by atoms with E-state index in [4.69, 9.17) is 20.2 Å². The van der Waals surface area contributed by atoms with E-state index in [1.807, 2.05) is 0 Å². The van der Waals surface area contributed by atoms with E-state index in [0.717, 1.165) is 6.92 Å². The van der Waals surface area contributed by atoms with Gasteiger partial charge in [-0.3, -0.25) is 4.79 Å². The van der Waals surface area contributed by atoms with Gasteiger partial charge in [0.2, 0.25) is 5.71 Å². The van der Waals surface area contributed by atoms with Crippen molar-refractivity contribution in [2.24, 2.45) is 4.99 Å². The van der Waals surface area contributed by atoms with Crippen LogP contribution >= 0.6 is 0 Å². The number of esters is 1. The summed E-state index contributed by atoms with van der Waals surface area (Å²) in [6, 6.07) is 7.06. The molecule has 0 amide bonds. The van der Waals surface area contributed by atoms with Gasteiger partial charge in [0.25, 0.3) is 5.97 Å². The van der Waals surface area contributed by atoms with Crippen LogP contribution in [0, 0.1) is 0 Å². The fourth-order valence-corrected chi connectivity index (χ4v) is 1.52. The van der Waals surface area contributed by atoms with Crippen LogP contribution in [0.3, 0.4) is 0 Å². The Hall–Kier alpha value is -2.79. The Morgan fingerprint density at radius 1 is 1.40 bits per heavy atom. The van der Waals surface area contributed by atoms with Crippen LogP contribution in [0.1, 0.15) is 19.4 Å². The number of carbonyl (C=O) groups excluding carboxylic acids is 1. The Kier molecular flexibility index (Phi) is 5.31. The molecule has 20 heavy (non-hydrogen) atoms. The number of para-hydroxylation sites is 1. The average Bonchev–Trinajstić information content (AvgIpc) is 2.76. The first-order valence-electron chi connectivity index (χ1n) is 5.78. The Bertz CT molecular complexity index is 612. The zero-order chi connectivity index (χ0) is 15.1. The number of carboxylic acid groups (broad SMARTS) is 1. The third-order valence-corrected chi connectivity index (χ3v) is 2.18. The van der Waals surface area contributed by atoms with Crippen molar-refractivity contribution in [3.05, 3.63) is 35.4 Å². The van der Waals surface area contributed by atoms with E-state index >= 15 is 0 Å². The van der Waals surface area contributed by atoms with Crippen LogP contribution in [0.4, 0.5) is 5.69 Å². The lowest BCUT2D eigenvalue weighted by Gasteiger charge is -1.96. The van der Waals surface area contributed by atoms with E-state index in [-0.39, 0.29) is 18.0 Å². The normalized spacial score (nSPS) is 11.5. The van der Waals surface area contributed by atoms with E-state index in [0.29, 0.717) is 11.3 Å². The van der Waals surface area contributed by atoms with Crippen molar-refractivity contribution in [3.8, 4) is 0 Å². The molecule has 0 aromatic heterocycles. The molecule has 1 N–H and O–H groups in total. The second-order valence-electron chi connectivity index (χ2n) is 3.67. The predicted octanol–water partition coefficient (Wildman–Crippen LogP) is 1.45. The van der Waals surface area contributed by atoms with Gasteiger partial charge in [-0.25, -0.2) is 9.79 Å². The zero-order valence-corrected chi connectivity index (χ0v) is 11.0. The highest BCUT2D eigenvalue weighted by atomic mass is 16.5. The SMILES string of the molecule is CC(=O)O.CCOC(=O)C1=Nc2ccccc2C1=[N+]=[N-]. The molecule has 0 saturated heterocycles. The van der Waals surface area contributed by atoms with Gasteiger partial charge >= 0.3 is 11.7 Å². The summed E-state index contributed by atoms with van der Waals surface area (Å²) >= 11 is 0. The Morgan fingerprint density at radius 2 is 2.00 bits per heavy atom. The highest BCUT2D eigenvalue weighted by molar-refractivity contribution is 6.70. The molecule has 7 heteroatoms. The summed E-state index contributed by atoms with van der Waals surface area (Å²) in [4.78, 5) is 27.7. The number of fused-ring (bicyclic) bond motifs is 1. The minimum Gasteiger partial charge on any atom is -0.481 e. The molecule has 7 nitrogen and oxygen atoms in total. The van der Waals surface area contributed by atoms with Crippen LogP contribution in [0.5, 0.6) is 0 Å². The molecule has 0 aliphatic carbocycles. The largest absolute Gasteiger partial charge is 0.481 e. The summed E-state index contributed by atoms with van der Waals surface area (Å²) in [6.45, 7) is 3.04. The summed E-state index contributed by atoms with van der Waals surface area (Å²) in [5.41, 5.74) is 10.3. The van der Waals surface area contributed by atoms with Crippen molar-refractivity contribution >= 4 is 29.0 Å². The maximum atomic E-state index is 11.5. The van der Waals surface area contributed by atoms with E-state index in [1.165, 1.54) is 0 Å². The molecule has 1 aromatic carbocycles. The number of carbonyl (C=O) groups is 2. The first kappa shape index (κ1) is 15.3. The van der Waals surface area contributed by atoms with Crippen molar-refractivity contribution in [1.82, 2.24) is 0 Å². The number of hydrogen-bond acceptors (Lipinski definition) is 4. The molecule has 0 unspecified atom stereocenters. The molecule has 0 fully saturated rings. The first-order chi connectivity index (χ1) is 9.51. The lowest BCUT2D eigenvalue weighted by atomic mass is 10.1. The summed E-state index contributed by atoms with van der Waals surface area (Å²) in [5.74, 6) is -1.41. The van der Waals surface area contributed by atoms with Gasteiger partial charge in [-0.15, -0.1) is 0 Å². The molecule has 1 aliphatic rings. The number of nitrogens with zero attached hydrogens (tertiary/aromatic N) is 3. The van der Waals surface area contributed by atoms with Crippen LogP contribution < -0.4 is 0 Å². The van der Waals surface area contributed by atoms with E-state index in [9.17, 15) is 4.79 Å². The first-order valence-corrected chi connectivity index (χ1v) is 5.78. The number of hydrogen-bond donors (Lipinski definition) is 1. The number of aliphatic carboxylic acids is 1. The zero-order valence-electron chi connectivity index (χ0n) is 11.0. The standard InChI is InChI=1S/C11H9N3O2.C2H4O2/c1-2-16-11(15)10-9(14-12)7-5-3-4-6-8(7)13-10;1-2(3)4/h3-6H,2H2,1H3;1H3,(H,3,4). The third kappa shape index (κ3) is 3.60. The molecule has 2 rings (SSSR count). The van der Waals surface area contributed by atoms with Gasteiger partial charge in [0.1, 0.15) is 0 Å². The lowest BCUT2D eigenvalue weighted by molar-refractivity contribution is -0.135. The van der Waals surface area contributed by atoms with Crippen molar-refractivity contribution in [2.45, 2.75) is 13.8 Å². The molecule has 1 aliphatic heterocycles. The average molecular weight is 275 g/mol. The Labute approximate surface area is 115 Å². The van der Waals surface area contributed by atoms with E-state index < -0.39 is 11.9 Å². The van der Waals surface area contributed by atoms with Gasteiger partial charge in [0.15, 0.2) is 0 Å². The molecule has 104 valence electrons. The topological polar surface area (TPSA) is 112 Å². The Morgan fingerprint density at radius 3 is 2.55 bits per heavy atom. The van der Waals surface area contributed by atoms with Crippen LogP contribution in [-0.2, 0) is 14.3 Å². The summed E-state index contributed by atoms with van der Waals surface area (Å²) in [5, 5.41) is 7.42. The molecule has 1 aromatic rings. The smallest absolute Gasteiger partial charge is 0.365 e. The number of benzene rings is 1. The second kappa shape index (κ2) is 6.96. The van der Waals surface area contributed by atoms with Crippen molar-refractivity contribution < 1.29 is 24.2 Å². The monoisotopic (exact) mass is 275 g/mol. The highest BCUT2D eigenvalue weighted by Gasteiger charge is 2.35. The molecule has 0 spiro atoms. The third-order valence-electron chi connectivity index (χ3n) is 2.18. The number of aliphatic imine (C=N–C) groups is 1. The molecule has 0 bridgehead atoms. The van der Waals surface area contributed by atoms with E-state index in [1.54, 1.807) is 31.2 Å². The second-order valence-corrected chi connectivity index (χ2v) is 3.67. The maximum Gasteiger partial charge on any atom is 0.365 e. The summed E-state index contributed by atoms with van der Waals surface area (Å²) in [6.07, 6.45) is 0. The highest BCUT2D eigenvalue weighted by Crippen LogP contribution is 2.25.